The van der Waals surface area contributed by atoms with Gasteiger partial charge in [0, 0.05) is 17.4 Å². The van der Waals surface area contributed by atoms with Gasteiger partial charge in [-0.2, -0.15) is 0 Å². The normalized spacial score (nSPS) is 10.2. The molecule has 1 amide bonds. The van der Waals surface area contributed by atoms with Crippen LogP contribution in [0.25, 0.3) is 0 Å². The molecule has 0 heterocycles. The highest BCUT2D eigenvalue weighted by Crippen LogP contribution is 2.28. The molecule has 0 atom stereocenters. The maximum absolute atomic E-state index is 13.8. The average Bonchev–Trinajstić information content (AvgIpc) is 2.43. The van der Waals surface area contributed by atoms with Gasteiger partial charge in [-0.25, -0.2) is 8.78 Å². The Hall–Kier alpha value is -2.83. The number of amides is 1. The number of benzene rings is 2. The van der Waals surface area contributed by atoms with Gasteiger partial charge in [0.25, 0.3) is 5.91 Å². The molecule has 0 aromatic heterocycles. The number of carbonyl (C=O) groups is 1. The van der Waals surface area contributed by atoms with Gasteiger partial charge < -0.3 is 21.5 Å². The highest BCUT2D eigenvalue weighted by molar-refractivity contribution is 5.99. The summed E-state index contributed by atoms with van der Waals surface area (Å²) in [6, 6.07) is 6.12. The number of hydrogen-bond donors (Lipinski definition) is 3. The second kappa shape index (κ2) is 5.66. The van der Waals surface area contributed by atoms with E-state index in [0.29, 0.717) is 5.69 Å². The van der Waals surface area contributed by atoms with Crippen molar-refractivity contribution >= 4 is 23.0 Å². The SMILES string of the molecule is COc1cc(Nc2cc(C(N)=O)c(N)cc2F)ccc1F. The van der Waals surface area contributed by atoms with Crippen molar-refractivity contribution in [3.05, 3.63) is 47.5 Å². The minimum absolute atomic E-state index is 0.00554. The maximum Gasteiger partial charge on any atom is 0.250 e. The van der Waals surface area contributed by atoms with Crippen LogP contribution < -0.4 is 21.5 Å². The van der Waals surface area contributed by atoms with Crippen LogP contribution in [0.3, 0.4) is 0 Å². The highest BCUT2D eigenvalue weighted by atomic mass is 19.1. The minimum Gasteiger partial charge on any atom is -0.494 e. The van der Waals surface area contributed by atoms with Crippen molar-refractivity contribution in [2.75, 3.05) is 18.2 Å². The number of nitrogens with one attached hydrogen (secondary N) is 1. The van der Waals surface area contributed by atoms with E-state index in [1.54, 1.807) is 0 Å². The number of primary amides is 1. The minimum atomic E-state index is -0.771. The lowest BCUT2D eigenvalue weighted by Crippen LogP contribution is -2.14. The van der Waals surface area contributed by atoms with Gasteiger partial charge in [-0.1, -0.05) is 0 Å². The van der Waals surface area contributed by atoms with Crippen LogP contribution in [-0.2, 0) is 0 Å². The second-order valence-electron chi connectivity index (χ2n) is 4.26. The van der Waals surface area contributed by atoms with Crippen LogP contribution in [0.1, 0.15) is 10.4 Å². The summed E-state index contributed by atoms with van der Waals surface area (Å²) < 4.78 is 32.0. The first-order valence-electron chi connectivity index (χ1n) is 5.91. The number of hydrogen-bond acceptors (Lipinski definition) is 4. The van der Waals surface area contributed by atoms with Crippen molar-refractivity contribution in [3.63, 3.8) is 0 Å². The molecule has 0 saturated heterocycles. The molecule has 0 aliphatic carbocycles. The van der Waals surface area contributed by atoms with Gasteiger partial charge in [-0.15, -0.1) is 0 Å². The van der Waals surface area contributed by atoms with E-state index >= 15 is 0 Å². The first-order chi connectivity index (χ1) is 9.92. The molecule has 21 heavy (non-hydrogen) atoms. The number of carbonyl (C=O) groups excluding carboxylic acids is 1. The van der Waals surface area contributed by atoms with E-state index in [2.05, 4.69) is 5.32 Å². The summed E-state index contributed by atoms with van der Waals surface area (Å²) in [6.45, 7) is 0. The van der Waals surface area contributed by atoms with Gasteiger partial charge in [-0.3, -0.25) is 4.79 Å². The van der Waals surface area contributed by atoms with Crippen LogP contribution in [0.2, 0.25) is 0 Å². The number of rotatable bonds is 4. The standard InChI is InChI=1S/C14H13F2N3O2/c1-21-13-4-7(2-3-9(13)15)19-12-5-8(14(18)20)11(17)6-10(12)16/h2-6,19H,17H2,1H3,(H2,18,20). The Labute approximate surface area is 119 Å². The third-order valence-corrected chi connectivity index (χ3v) is 2.83. The van der Waals surface area contributed by atoms with Crippen molar-refractivity contribution in [1.29, 1.82) is 0 Å². The fraction of sp³-hybridized carbons (Fsp3) is 0.0714. The third-order valence-electron chi connectivity index (χ3n) is 2.83. The number of halogens is 2. The second-order valence-corrected chi connectivity index (χ2v) is 4.26. The van der Waals surface area contributed by atoms with Crippen molar-refractivity contribution in [2.24, 2.45) is 5.73 Å². The molecule has 0 bridgehead atoms. The molecular weight excluding hydrogens is 280 g/mol. The molecule has 5 N–H and O–H groups in total. The molecule has 0 spiro atoms. The van der Waals surface area contributed by atoms with E-state index in [1.807, 2.05) is 0 Å². The molecule has 0 saturated carbocycles. The number of methoxy groups -OCH3 is 1. The highest BCUT2D eigenvalue weighted by Gasteiger charge is 2.13. The Balaban J connectivity index is 2.39. The van der Waals surface area contributed by atoms with Crippen LogP contribution >= 0.6 is 0 Å². The monoisotopic (exact) mass is 293 g/mol. The molecule has 5 nitrogen and oxygen atoms in total. The zero-order valence-corrected chi connectivity index (χ0v) is 11.1. The lowest BCUT2D eigenvalue weighted by Gasteiger charge is -2.12. The van der Waals surface area contributed by atoms with Crippen LogP contribution in [0.15, 0.2) is 30.3 Å². The summed E-state index contributed by atoms with van der Waals surface area (Å²) in [7, 11) is 1.32. The summed E-state index contributed by atoms with van der Waals surface area (Å²) in [5, 5.41) is 2.71. The van der Waals surface area contributed by atoms with Crippen LogP contribution in [0.5, 0.6) is 5.75 Å². The van der Waals surface area contributed by atoms with Crippen molar-refractivity contribution in [1.82, 2.24) is 0 Å². The fourth-order valence-corrected chi connectivity index (χ4v) is 1.79. The molecule has 2 aromatic rings. The topological polar surface area (TPSA) is 90.4 Å². The lowest BCUT2D eigenvalue weighted by molar-refractivity contribution is 0.100. The van der Waals surface area contributed by atoms with Crippen molar-refractivity contribution in [2.45, 2.75) is 0 Å². The smallest absolute Gasteiger partial charge is 0.250 e. The third kappa shape index (κ3) is 3.02. The number of ether oxygens (including phenoxy) is 1. The molecule has 0 unspecified atom stereocenters. The summed E-state index contributed by atoms with van der Waals surface area (Å²) in [4.78, 5) is 11.2. The molecule has 2 rings (SSSR count). The van der Waals surface area contributed by atoms with Gasteiger partial charge in [0.2, 0.25) is 0 Å². The van der Waals surface area contributed by atoms with Gasteiger partial charge in [0.15, 0.2) is 11.6 Å². The zero-order chi connectivity index (χ0) is 15.6. The van der Waals surface area contributed by atoms with E-state index in [4.69, 9.17) is 16.2 Å². The molecule has 0 aliphatic heterocycles. The van der Waals surface area contributed by atoms with Gasteiger partial charge >= 0.3 is 0 Å². The van der Waals surface area contributed by atoms with Crippen LogP contribution in [0.4, 0.5) is 25.8 Å². The zero-order valence-electron chi connectivity index (χ0n) is 11.1. The lowest BCUT2D eigenvalue weighted by atomic mass is 10.1. The Morgan fingerprint density at radius 2 is 1.90 bits per heavy atom. The molecule has 2 aromatic carbocycles. The number of anilines is 3. The molecule has 0 radical (unpaired) electrons. The number of nitrogens with two attached hydrogens (primary N) is 2. The number of nitrogen functional groups attached to an aromatic ring is 1. The van der Waals surface area contributed by atoms with Gasteiger partial charge in [0.05, 0.1) is 18.4 Å². The predicted molar refractivity (Wildman–Crippen MR) is 75.6 cm³/mol. The first-order valence-corrected chi connectivity index (χ1v) is 5.91. The van der Waals surface area contributed by atoms with Crippen LogP contribution in [-0.4, -0.2) is 13.0 Å². The van der Waals surface area contributed by atoms with E-state index < -0.39 is 17.5 Å². The maximum atomic E-state index is 13.8. The molecule has 110 valence electrons. The predicted octanol–water partition coefficient (Wildman–Crippen LogP) is 2.40. The molecule has 0 fully saturated rings. The van der Waals surface area contributed by atoms with Gasteiger partial charge in [-0.05, 0) is 24.3 Å². The molecular formula is C14H13F2N3O2. The van der Waals surface area contributed by atoms with Gasteiger partial charge in [0.1, 0.15) is 5.82 Å². The summed E-state index contributed by atoms with van der Waals surface area (Å²) in [6.07, 6.45) is 0. The summed E-state index contributed by atoms with van der Waals surface area (Å²) in [5.74, 6) is -1.97. The van der Waals surface area contributed by atoms with Crippen molar-refractivity contribution < 1.29 is 18.3 Å². The van der Waals surface area contributed by atoms with E-state index in [-0.39, 0.29) is 22.7 Å². The molecule has 7 heteroatoms. The summed E-state index contributed by atoms with van der Waals surface area (Å²) >= 11 is 0. The Kier molecular flexibility index (Phi) is 3.93. The van der Waals surface area contributed by atoms with E-state index in [9.17, 15) is 13.6 Å². The average molecular weight is 293 g/mol. The first kappa shape index (κ1) is 14.6. The van der Waals surface area contributed by atoms with Crippen molar-refractivity contribution in [3.8, 4) is 5.75 Å². The van der Waals surface area contributed by atoms with E-state index in [0.717, 1.165) is 6.07 Å². The van der Waals surface area contributed by atoms with E-state index in [1.165, 1.54) is 31.4 Å². The molecule has 0 aliphatic rings. The van der Waals surface area contributed by atoms with Crippen LogP contribution in [0, 0.1) is 11.6 Å². The Bertz CT molecular complexity index is 705. The Morgan fingerprint density at radius 1 is 1.19 bits per heavy atom. The Morgan fingerprint density at radius 3 is 2.52 bits per heavy atom. The summed E-state index contributed by atoms with van der Waals surface area (Å²) in [5.41, 5.74) is 11.0. The largest absolute Gasteiger partial charge is 0.494 e. The quantitative estimate of drug-likeness (QED) is 0.755. The fourth-order valence-electron chi connectivity index (χ4n) is 1.79.